The summed E-state index contributed by atoms with van der Waals surface area (Å²) >= 11 is 6.07. The number of hydrogen-bond acceptors (Lipinski definition) is 4. The van der Waals surface area contributed by atoms with Crippen molar-refractivity contribution in [1.29, 1.82) is 0 Å². The van der Waals surface area contributed by atoms with Crippen LogP contribution in [0.15, 0.2) is 6.20 Å². The number of amides is 2. The molecule has 2 N–H and O–H groups in total. The topological polar surface area (TPSA) is 84.5 Å². The van der Waals surface area contributed by atoms with Crippen molar-refractivity contribution >= 4 is 23.4 Å². The van der Waals surface area contributed by atoms with Crippen molar-refractivity contribution in [2.24, 2.45) is 5.73 Å². The number of likely N-dealkylation sites (N-methyl/N-ethyl adjacent to an activating group) is 1. The summed E-state index contributed by atoms with van der Waals surface area (Å²) < 4.78 is 1.74. The summed E-state index contributed by atoms with van der Waals surface area (Å²) in [6.07, 6.45) is 3.66. The van der Waals surface area contributed by atoms with E-state index in [4.69, 9.17) is 17.3 Å². The Morgan fingerprint density at radius 3 is 2.78 bits per heavy atom. The average Bonchev–Trinajstić information content (AvgIpc) is 3.10. The van der Waals surface area contributed by atoms with E-state index in [1.54, 1.807) is 10.8 Å². The summed E-state index contributed by atoms with van der Waals surface area (Å²) in [4.78, 5) is 31.6. The van der Waals surface area contributed by atoms with Crippen molar-refractivity contribution in [3.05, 3.63) is 17.2 Å². The van der Waals surface area contributed by atoms with Crippen LogP contribution in [0.3, 0.4) is 0 Å². The SMILES string of the molecule is CN(C)C1CCN(C(=O)CCc2ncc(Cl)n2CCC(N)=O)C1. The summed E-state index contributed by atoms with van der Waals surface area (Å²) in [5, 5.41) is 0.461. The Labute approximate surface area is 141 Å². The van der Waals surface area contributed by atoms with Crippen LogP contribution in [0.5, 0.6) is 0 Å². The minimum Gasteiger partial charge on any atom is -0.370 e. The van der Waals surface area contributed by atoms with Crippen molar-refractivity contribution in [2.75, 3.05) is 27.2 Å². The van der Waals surface area contributed by atoms with Crippen molar-refractivity contribution in [2.45, 2.75) is 38.3 Å². The maximum atomic E-state index is 12.3. The van der Waals surface area contributed by atoms with Crippen LogP contribution >= 0.6 is 11.6 Å². The first-order valence-electron chi connectivity index (χ1n) is 7.81. The lowest BCUT2D eigenvalue weighted by atomic mass is 10.2. The lowest BCUT2D eigenvalue weighted by molar-refractivity contribution is -0.130. The summed E-state index contributed by atoms with van der Waals surface area (Å²) in [6, 6.07) is 0.436. The number of nitrogens with zero attached hydrogens (tertiary/aromatic N) is 4. The quantitative estimate of drug-likeness (QED) is 0.783. The molecule has 0 aromatic carbocycles. The van der Waals surface area contributed by atoms with Gasteiger partial charge in [0.25, 0.3) is 0 Å². The average molecular weight is 342 g/mol. The van der Waals surface area contributed by atoms with Gasteiger partial charge in [-0.1, -0.05) is 11.6 Å². The van der Waals surface area contributed by atoms with Crippen LogP contribution in [-0.4, -0.2) is 64.4 Å². The highest BCUT2D eigenvalue weighted by Crippen LogP contribution is 2.17. The molecular weight excluding hydrogens is 318 g/mol. The molecule has 1 fully saturated rings. The molecule has 128 valence electrons. The fourth-order valence-corrected chi connectivity index (χ4v) is 3.05. The van der Waals surface area contributed by atoms with Gasteiger partial charge in [-0.2, -0.15) is 0 Å². The van der Waals surface area contributed by atoms with Crippen LogP contribution in [0, 0.1) is 0 Å². The van der Waals surface area contributed by atoms with Crippen LogP contribution in [-0.2, 0) is 22.6 Å². The third-order valence-corrected chi connectivity index (χ3v) is 4.58. The van der Waals surface area contributed by atoms with E-state index in [9.17, 15) is 9.59 Å². The van der Waals surface area contributed by atoms with Gasteiger partial charge in [0.05, 0.1) is 6.20 Å². The van der Waals surface area contributed by atoms with E-state index >= 15 is 0 Å². The van der Waals surface area contributed by atoms with Gasteiger partial charge in [0.1, 0.15) is 11.0 Å². The van der Waals surface area contributed by atoms with E-state index in [0.29, 0.717) is 36.4 Å². The number of carbonyl (C=O) groups excluding carboxylic acids is 2. The first-order chi connectivity index (χ1) is 10.9. The largest absolute Gasteiger partial charge is 0.370 e. The van der Waals surface area contributed by atoms with Gasteiger partial charge < -0.3 is 20.1 Å². The molecular formula is C15H24ClN5O2. The minimum atomic E-state index is -0.386. The van der Waals surface area contributed by atoms with E-state index in [1.807, 2.05) is 19.0 Å². The second kappa shape index (κ2) is 7.79. The third kappa shape index (κ3) is 4.68. The zero-order chi connectivity index (χ0) is 17.0. The van der Waals surface area contributed by atoms with Gasteiger partial charge in [-0.25, -0.2) is 4.98 Å². The van der Waals surface area contributed by atoms with Crippen molar-refractivity contribution in [3.8, 4) is 0 Å². The van der Waals surface area contributed by atoms with E-state index < -0.39 is 0 Å². The van der Waals surface area contributed by atoms with E-state index in [2.05, 4.69) is 9.88 Å². The van der Waals surface area contributed by atoms with Crippen molar-refractivity contribution < 1.29 is 9.59 Å². The van der Waals surface area contributed by atoms with Crippen LogP contribution in [0.1, 0.15) is 25.1 Å². The highest BCUT2D eigenvalue weighted by Gasteiger charge is 2.27. The van der Waals surface area contributed by atoms with Crippen LogP contribution < -0.4 is 5.73 Å². The molecule has 0 bridgehead atoms. The van der Waals surface area contributed by atoms with Gasteiger partial charge in [-0.05, 0) is 20.5 Å². The first-order valence-corrected chi connectivity index (χ1v) is 8.18. The molecule has 1 aliphatic rings. The Bertz CT molecular complexity index is 572. The van der Waals surface area contributed by atoms with E-state index in [0.717, 1.165) is 19.5 Å². The van der Waals surface area contributed by atoms with Gasteiger partial charge in [0.15, 0.2) is 0 Å². The smallest absolute Gasteiger partial charge is 0.223 e. The summed E-state index contributed by atoms with van der Waals surface area (Å²) in [7, 11) is 4.08. The number of hydrogen-bond donors (Lipinski definition) is 1. The Morgan fingerprint density at radius 2 is 2.17 bits per heavy atom. The molecule has 23 heavy (non-hydrogen) atoms. The number of rotatable bonds is 7. The summed E-state index contributed by atoms with van der Waals surface area (Å²) in [5.41, 5.74) is 5.17. The summed E-state index contributed by atoms with van der Waals surface area (Å²) in [6.45, 7) is 1.98. The minimum absolute atomic E-state index is 0.134. The van der Waals surface area contributed by atoms with Crippen LogP contribution in [0.4, 0.5) is 0 Å². The second-order valence-corrected chi connectivity index (χ2v) is 6.50. The maximum Gasteiger partial charge on any atom is 0.223 e. The molecule has 2 rings (SSSR count). The normalized spacial score (nSPS) is 17.9. The first kappa shape index (κ1) is 17.7. The van der Waals surface area contributed by atoms with Crippen LogP contribution in [0.25, 0.3) is 0 Å². The molecule has 1 atom stereocenters. The molecule has 1 saturated heterocycles. The number of halogens is 1. The Hall–Kier alpha value is -1.60. The van der Waals surface area contributed by atoms with Gasteiger partial charge in [0.2, 0.25) is 11.8 Å². The molecule has 1 aromatic heterocycles. The predicted octanol–water partition coefficient (Wildman–Crippen LogP) is 0.507. The van der Waals surface area contributed by atoms with Crippen LogP contribution in [0.2, 0.25) is 5.15 Å². The zero-order valence-electron chi connectivity index (χ0n) is 13.7. The Kier molecular flexibility index (Phi) is 6.01. The fourth-order valence-electron chi connectivity index (χ4n) is 2.81. The predicted molar refractivity (Wildman–Crippen MR) is 88.0 cm³/mol. The molecule has 0 spiro atoms. The molecule has 0 saturated carbocycles. The van der Waals surface area contributed by atoms with E-state index in [1.165, 1.54) is 0 Å². The number of aryl methyl sites for hydroxylation is 1. The number of imidazole rings is 1. The number of likely N-dealkylation sites (tertiary alicyclic amines) is 1. The van der Waals surface area contributed by atoms with Gasteiger partial charge in [0, 0.05) is 44.9 Å². The van der Waals surface area contributed by atoms with Gasteiger partial charge in [-0.15, -0.1) is 0 Å². The highest BCUT2D eigenvalue weighted by atomic mass is 35.5. The molecule has 1 aliphatic heterocycles. The Balaban J connectivity index is 1.88. The monoisotopic (exact) mass is 341 g/mol. The lowest BCUT2D eigenvalue weighted by Gasteiger charge is -2.20. The second-order valence-electron chi connectivity index (χ2n) is 6.11. The molecule has 2 heterocycles. The van der Waals surface area contributed by atoms with E-state index in [-0.39, 0.29) is 18.2 Å². The number of primary amides is 1. The molecule has 1 aromatic rings. The number of carbonyl (C=O) groups is 2. The standard InChI is InChI=1S/C15H24ClN5O2/c1-19(2)11-5-7-20(10-11)15(23)4-3-14-18-9-12(16)21(14)8-6-13(17)22/h9,11H,3-8,10H2,1-2H3,(H2,17,22). The molecule has 0 radical (unpaired) electrons. The van der Waals surface area contributed by atoms with Crippen molar-refractivity contribution in [1.82, 2.24) is 19.4 Å². The molecule has 8 heteroatoms. The maximum absolute atomic E-state index is 12.3. The Morgan fingerprint density at radius 1 is 1.43 bits per heavy atom. The number of aromatic nitrogens is 2. The zero-order valence-corrected chi connectivity index (χ0v) is 14.4. The van der Waals surface area contributed by atoms with Gasteiger partial charge >= 0.3 is 0 Å². The number of nitrogens with two attached hydrogens (primary N) is 1. The molecule has 1 unspecified atom stereocenters. The lowest BCUT2D eigenvalue weighted by Crippen LogP contribution is -2.34. The van der Waals surface area contributed by atoms with Crippen molar-refractivity contribution in [3.63, 3.8) is 0 Å². The molecule has 0 aliphatic carbocycles. The third-order valence-electron chi connectivity index (χ3n) is 4.28. The van der Waals surface area contributed by atoms with Gasteiger partial charge in [-0.3, -0.25) is 9.59 Å². The molecule has 7 nitrogen and oxygen atoms in total. The molecule has 2 amide bonds. The summed E-state index contributed by atoms with van der Waals surface area (Å²) in [5.74, 6) is 0.464. The fraction of sp³-hybridized carbons (Fsp3) is 0.667. The highest BCUT2D eigenvalue weighted by molar-refractivity contribution is 6.29.